The first-order valence-electron chi connectivity index (χ1n) is 8.14. The molecule has 2 heterocycles. The van der Waals surface area contributed by atoms with Crippen LogP contribution in [-0.2, 0) is 6.54 Å². The Kier molecular flexibility index (Phi) is 5.78. The van der Waals surface area contributed by atoms with Gasteiger partial charge in [0.2, 0.25) is 0 Å². The van der Waals surface area contributed by atoms with Crippen molar-refractivity contribution in [2.45, 2.75) is 25.8 Å². The molecule has 0 bridgehead atoms. The number of nitrogens with one attached hydrogen (secondary N) is 1. The second-order valence-electron chi connectivity index (χ2n) is 5.55. The van der Waals surface area contributed by atoms with Crippen LogP contribution in [0.4, 0.5) is 0 Å². The van der Waals surface area contributed by atoms with Crippen LogP contribution in [0.15, 0.2) is 54.0 Å². The third-order valence-corrected chi connectivity index (χ3v) is 4.65. The molecule has 2 aromatic heterocycles. The smallest absolute Gasteiger partial charge is 0.107 e. The molecule has 5 heteroatoms. The first kappa shape index (κ1) is 16.4. The van der Waals surface area contributed by atoms with Gasteiger partial charge in [0.1, 0.15) is 5.69 Å². The molecule has 3 aromatic rings. The summed E-state index contributed by atoms with van der Waals surface area (Å²) in [6, 6.07) is 16.5. The van der Waals surface area contributed by atoms with E-state index >= 15 is 0 Å². The van der Waals surface area contributed by atoms with Crippen LogP contribution in [-0.4, -0.2) is 16.3 Å². The number of thiophene rings is 1. The molecule has 0 saturated carbocycles. The van der Waals surface area contributed by atoms with Gasteiger partial charge in [-0.3, -0.25) is 0 Å². The summed E-state index contributed by atoms with van der Waals surface area (Å²) in [7, 11) is 0. The number of aromatic nitrogens is 2. The predicted molar refractivity (Wildman–Crippen MR) is 98.0 cm³/mol. The highest BCUT2D eigenvalue weighted by Gasteiger charge is 2.12. The molecule has 0 unspecified atom stereocenters. The van der Waals surface area contributed by atoms with Gasteiger partial charge in [-0.1, -0.05) is 24.3 Å². The SMILES string of the molecule is N#CCCCCNCc1cn(-c2ccccc2)nc1-c1cccs1. The van der Waals surface area contributed by atoms with Gasteiger partial charge in [-0.2, -0.15) is 10.4 Å². The zero-order valence-electron chi connectivity index (χ0n) is 13.5. The Morgan fingerprint density at radius 2 is 2.00 bits per heavy atom. The van der Waals surface area contributed by atoms with Crippen molar-refractivity contribution >= 4 is 11.3 Å². The molecular formula is C19H20N4S. The summed E-state index contributed by atoms with van der Waals surface area (Å²) >= 11 is 1.71. The molecule has 0 spiro atoms. The van der Waals surface area contributed by atoms with Gasteiger partial charge in [0.25, 0.3) is 0 Å². The van der Waals surface area contributed by atoms with Crippen molar-refractivity contribution in [2.75, 3.05) is 6.54 Å². The zero-order valence-corrected chi connectivity index (χ0v) is 14.3. The van der Waals surface area contributed by atoms with Gasteiger partial charge in [0.15, 0.2) is 0 Å². The molecule has 0 amide bonds. The number of rotatable bonds is 8. The Balaban J connectivity index is 1.74. The number of nitriles is 1. The van der Waals surface area contributed by atoms with Crippen LogP contribution in [0.5, 0.6) is 0 Å². The van der Waals surface area contributed by atoms with Crippen LogP contribution in [0.25, 0.3) is 16.3 Å². The first-order chi connectivity index (χ1) is 11.9. The van der Waals surface area contributed by atoms with E-state index in [1.807, 2.05) is 22.9 Å². The number of para-hydroxylation sites is 1. The van der Waals surface area contributed by atoms with E-state index < -0.39 is 0 Å². The fraction of sp³-hybridized carbons (Fsp3) is 0.263. The second-order valence-corrected chi connectivity index (χ2v) is 6.50. The zero-order chi connectivity index (χ0) is 16.6. The summed E-state index contributed by atoms with van der Waals surface area (Å²) in [6.07, 6.45) is 4.71. The predicted octanol–water partition coefficient (Wildman–Crippen LogP) is 4.38. The Hall–Kier alpha value is -2.42. The second kappa shape index (κ2) is 8.44. The lowest BCUT2D eigenvalue weighted by molar-refractivity contribution is 0.629. The van der Waals surface area contributed by atoms with Crippen LogP contribution >= 0.6 is 11.3 Å². The van der Waals surface area contributed by atoms with Crippen molar-refractivity contribution in [3.05, 3.63) is 59.6 Å². The third kappa shape index (κ3) is 4.10. The molecule has 0 fully saturated rings. The Bertz CT molecular complexity index is 785. The fourth-order valence-corrected chi connectivity index (χ4v) is 3.29. The van der Waals surface area contributed by atoms with Gasteiger partial charge in [0, 0.05) is 24.7 Å². The summed E-state index contributed by atoms with van der Waals surface area (Å²) < 4.78 is 1.95. The van der Waals surface area contributed by atoms with Gasteiger partial charge in [-0.15, -0.1) is 11.3 Å². The maximum absolute atomic E-state index is 8.57. The largest absolute Gasteiger partial charge is 0.313 e. The summed E-state index contributed by atoms with van der Waals surface area (Å²) in [5.41, 5.74) is 3.30. The standard InChI is InChI=1S/C19H20N4S/c20-11-5-2-6-12-21-14-16-15-23(17-8-3-1-4-9-17)22-19(16)18-10-7-13-24-18/h1,3-4,7-10,13,15,21H,2,5-6,12,14H2. The molecule has 1 N–H and O–H groups in total. The van der Waals surface area contributed by atoms with Gasteiger partial charge in [-0.05, 0) is 43.0 Å². The molecule has 1 aromatic carbocycles. The highest BCUT2D eigenvalue weighted by molar-refractivity contribution is 7.13. The molecule has 0 aliphatic rings. The van der Waals surface area contributed by atoms with E-state index in [-0.39, 0.29) is 0 Å². The minimum atomic E-state index is 0.633. The van der Waals surface area contributed by atoms with Gasteiger partial charge >= 0.3 is 0 Å². The summed E-state index contributed by atoms with van der Waals surface area (Å²) in [6.45, 7) is 1.70. The molecule has 3 rings (SSSR count). The average Bonchev–Trinajstić information content (AvgIpc) is 3.28. The van der Waals surface area contributed by atoms with Crippen molar-refractivity contribution in [3.8, 4) is 22.3 Å². The fourth-order valence-electron chi connectivity index (χ4n) is 2.55. The number of benzene rings is 1. The number of hydrogen-bond acceptors (Lipinski definition) is 4. The highest BCUT2D eigenvalue weighted by atomic mass is 32.1. The number of unbranched alkanes of at least 4 members (excludes halogenated alkanes) is 2. The Morgan fingerprint density at radius 1 is 1.12 bits per heavy atom. The van der Waals surface area contributed by atoms with Crippen molar-refractivity contribution in [3.63, 3.8) is 0 Å². The van der Waals surface area contributed by atoms with E-state index in [2.05, 4.69) is 47.2 Å². The average molecular weight is 336 g/mol. The van der Waals surface area contributed by atoms with Crippen LogP contribution < -0.4 is 5.32 Å². The monoisotopic (exact) mass is 336 g/mol. The number of hydrogen-bond donors (Lipinski definition) is 1. The normalized spacial score (nSPS) is 10.6. The lowest BCUT2D eigenvalue weighted by Crippen LogP contribution is -2.14. The summed E-state index contributed by atoms with van der Waals surface area (Å²) in [5, 5.41) is 18.9. The van der Waals surface area contributed by atoms with E-state index in [9.17, 15) is 0 Å². The lowest BCUT2D eigenvalue weighted by Gasteiger charge is -2.03. The Morgan fingerprint density at radius 3 is 2.75 bits per heavy atom. The summed E-state index contributed by atoms with van der Waals surface area (Å²) in [4.78, 5) is 1.19. The van der Waals surface area contributed by atoms with Crippen LogP contribution in [0.3, 0.4) is 0 Å². The van der Waals surface area contributed by atoms with Crippen molar-refractivity contribution < 1.29 is 0 Å². The maximum atomic E-state index is 8.57. The minimum absolute atomic E-state index is 0.633. The molecular weight excluding hydrogens is 316 g/mol. The lowest BCUT2D eigenvalue weighted by atomic mass is 10.2. The van der Waals surface area contributed by atoms with E-state index in [1.165, 1.54) is 10.4 Å². The molecule has 0 radical (unpaired) electrons. The molecule has 0 aliphatic heterocycles. The van der Waals surface area contributed by atoms with E-state index in [1.54, 1.807) is 11.3 Å². The number of nitrogens with zero attached hydrogens (tertiary/aromatic N) is 3. The molecule has 0 atom stereocenters. The third-order valence-electron chi connectivity index (χ3n) is 3.77. The molecule has 0 saturated heterocycles. The topological polar surface area (TPSA) is 53.6 Å². The van der Waals surface area contributed by atoms with Crippen LogP contribution in [0.2, 0.25) is 0 Å². The first-order valence-corrected chi connectivity index (χ1v) is 9.02. The van der Waals surface area contributed by atoms with Crippen molar-refractivity contribution in [1.29, 1.82) is 5.26 Å². The molecule has 0 aliphatic carbocycles. The molecule has 4 nitrogen and oxygen atoms in total. The highest BCUT2D eigenvalue weighted by Crippen LogP contribution is 2.27. The molecule has 122 valence electrons. The maximum Gasteiger partial charge on any atom is 0.107 e. The quantitative estimate of drug-likeness (QED) is 0.621. The van der Waals surface area contributed by atoms with E-state index in [4.69, 9.17) is 10.4 Å². The van der Waals surface area contributed by atoms with E-state index in [0.29, 0.717) is 6.42 Å². The summed E-state index contributed by atoms with van der Waals surface area (Å²) in [5.74, 6) is 0. The van der Waals surface area contributed by atoms with Gasteiger partial charge in [0.05, 0.1) is 16.6 Å². The van der Waals surface area contributed by atoms with Crippen LogP contribution in [0.1, 0.15) is 24.8 Å². The van der Waals surface area contributed by atoms with Gasteiger partial charge in [-0.25, -0.2) is 4.68 Å². The Labute approximate surface area is 146 Å². The van der Waals surface area contributed by atoms with Crippen LogP contribution in [0, 0.1) is 11.3 Å². The van der Waals surface area contributed by atoms with Gasteiger partial charge < -0.3 is 5.32 Å². The molecule has 24 heavy (non-hydrogen) atoms. The van der Waals surface area contributed by atoms with E-state index in [0.717, 1.165) is 37.3 Å². The minimum Gasteiger partial charge on any atom is -0.313 e. The van der Waals surface area contributed by atoms with Crippen molar-refractivity contribution in [2.24, 2.45) is 0 Å². The van der Waals surface area contributed by atoms with Crippen molar-refractivity contribution in [1.82, 2.24) is 15.1 Å².